The van der Waals surface area contributed by atoms with Gasteiger partial charge in [0, 0.05) is 26.2 Å². The Hall–Kier alpha value is -0.810. The second-order valence-electron chi connectivity index (χ2n) is 2.65. The van der Waals surface area contributed by atoms with Gasteiger partial charge in [-0.25, -0.2) is 4.79 Å². The molecule has 2 N–H and O–H groups in total. The standard InChI is InChI=1S/C7H15N3O2/c1-8-6-12-7(11)10-4-2-9-3-5-10/h8-9H,2-6H2,1H3. The van der Waals surface area contributed by atoms with Gasteiger partial charge in [-0.05, 0) is 7.05 Å². The average molecular weight is 173 g/mol. The average Bonchev–Trinajstić information content (AvgIpc) is 2.15. The van der Waals surface area contributed by atoms with Gasteiger partial charge >= 0.3 is 6.09 Å². The summed E-state index contributed by atoms with van der Waals surface area (Å²) in [5, 5.41) is 5.91. The van der Waals surface area contributed by atoms with E-state index < -0.39 is 0 Å². The minimum Gasteiger partial charge on any atom is -0.433 e. The molecule has 0 saturated carbocycles. The van der Waals surface area contributed by atoms with Crippen LogP contribution >= 0.6 is 0 Å². The molecule has 1 saturated heterocycles. The summed E-state index contributed by atoms with van der Waals surface area (Å²) in [4.78, 5) is 12.9. The van der Waals surface area contributed by atoms with Crippen LogP contribution in [0.2, 0.25) is 0 Å². The lowest BCUT2D eigenvalue weighted by Crippen LogP contribution is -2.47. The molecule has 1 amide bonds. The van der Waals surface area contributed by atoms with Gasteiger partial charge in [0.15, 0.2) is 0 Å². The predicted octanol–water partition coefficient (Wildman–Crippen LogP) is -0.795. The molecule has 12 heavy (non-hydrogen) atoms. The topological polar surface area (TPSA) is 53.6 Å². The van der Waals surface area contributed by atoms with Gasteiger partial charge in [-0.1, -0.05) is 0 Å². The van der Waals surface area contributed by atoms with Crippen LogP contribution in [0.1, 0.15) is 0 Å². The highest BCUT2D eigenvalue weighted by Gasteiger charge is 2.16. The molecule has 0 aliphatic carbocycles. The van der Waals surface area contributed by atoms with Crippen LogP contribution in [0.4, 0.5) is 4.79 Å². The van der Waals surface area contributed by atoms with Gasteiger partial charge in [-0.3, -0.25) is 5.32 Å². The molecular formula is C7H15N3O2. The molecule has 0 aromatic rings. The molecule has 70 valence electrons. The highest BCUT2D eigenvalue weighted by atomic mass is 16.6. The van der Waals surface area contributed by atoms with Crippen molar-refractivity contribution >= 4 is 6.09 Å². The Kier molecular flexibility index (Phi) is 3.83. The first kappa shape index (κ1) is 9.28. The lowest BCUT2D eigenvalue weighted by Gasteiger charge is -2.26. The molecule has 0 unspecified atom stereocenters. The number of hydrogen-bond donors (Lipinski definition) is 2. The van der Waals surface area contributed by atoms with E-state index in [1.807, 2.05) is 0 Å². The molecular weight excluding hydrogens is 158 g/mol. The number of hydrogen-bond acceptors (Lipinski definition) is 4. The second kappa shape index (κ2) is 4.95. The normalized spacial score (nSPS) is 17.6. The molecule has 0 spiro atoms. The fourth-order valence-electron chi connectivity index (χ4n) is 1.07. The van der Waals surface area contributed by atoms with E-state index in [0.717, 1.165) is 26.2 Å². The van der Waals surface area contributed by atoms with Crippen LogP contribution in [0.25, 0.3) is 0 Å². The Bertz CT molecular complexity index is 146. The first-order chi connectivity index (χ1) is 5.84. The van der Waals surface area contributed by atoms with Crippen LogP contribution in [-0.2, 0) is 4.74 Å². The Labute approximate surface area is 72.1 Å². The molecule has 5 heteroatoms. The summed E-state index contributed by atoms with van der Waals surface area (Å²) in [7, 11) is 1.74. The molecule has 0 aromatic carbocycles. The van der Waals surface area contributed by atoms with Crippen molar-refractivity contribution in [2.75, 3.05) is 40.0 Å². The zero-order chi connectivity index (χ0) is 8.81. The molecule has 1 heterocycles. The van der Waals surface area contributed by atoms with Crippen molar-refractivity contribution in [2.45, 2.75) is 0 Å². The third-order valence-corrected chi connectivity index (χ3v) is 1.72. The molecule has 1 aliphatic heterocycles. The Morgan fingerprint density at radius 1 is 1.58 bits per heavy atom. The highest BCUT2D eigenvalue weighted by Crippen LogP contribution is 1.95. The molecule has 0 atom stereocenters. The summed E-state index contributed by atoms with van der Waals surface area (Å²) in [6.07, 6.45) is -0.231. The van der Waals surface area contributed by atoms with Crippen LogP contribution in [-0.4, -0.2) is 51.0 Å². The van der Waals surface area contributed by atoms with Crippen molar-refractivity contribution < 1.29 is 9.53 Å². The van der Waals surface area contributed by atoms with Gasteiger partial charge < -0.3 is 15.0 Å². The number of nitrogens with zero attached hydrogens (tertiary/aromatic N) is 1. The third kappa shape index (κ3) is 2.67. The van der Waals surface area contributed by atoms with Crippen molar-refractivity contribution in [1.29, 1.82) is 0 Å². The molecule has 0 bridgehead atoms. The SMILES string of the molecule is CNCOC(=O)N1CCNCC1. The van der Waals surface area contributed by atoms with Crippen LogP contribution in [0.15, 0.2) is 0 Å². The minimum absolute atomic E-state index is 0.231. The van der Waals surface area contributed by atoms with E-state index >= 15 is 0 Å². The molecule has 0 aromatic heterocycles. The smallest absolute Gasteiger partial charge is 0.411 e. The highest BCUT2D eigenvalue weighted by molar-refractivity contribution is 5.67. The number of carbonyl (C=O) groups excluding carboxylic acids is 1. The number of rotatable bonds is 2. The molecule has 1 fully saturated rings. The van der Waals surface area contributed by atoms with Crippen LogP contribution < -0.4 is 10.6 Å². The summed E-state index contributed by atoms with van der Waals surface area (Å²) < 4.78 is 4.88. The second-order valence-corrected chi connectivity index (χ2v) is 2.65. The zero-order valence-electron chi connectivity index (χ0n) is 7.30. The van der Waals surface area contributed by atoms with E-state index in [0.29, 0.717) is 0 Å². The largest absolute Gasteiger partial charge is 0.433 e. The lowest BCUT2D eigenvalue weighted by molar-refractivity contribution is 0.0928. The summed E-state index contributed by atoms with van der Waals surface area (Å²) in [6.45, 7) is 3.47. The van der Waals surface area contributed by atoms with Gasteiger partial charge in [0.2, 0.25) is 0 Å². The third-order valence-electron chi connectivity index (χ3n) is 1.72. The summed E-state index contributed by atoms with van der Waals surface area (Å²) in [6, 6.07) is 0. The number of ether oxygens (including phenoxy) is 1. The van der Waals surface area contributed by atoms with E-state index in [1.165, 1.54) is 0 Å². The number of nitrogens with one attached hydrogen (secondary N) is 2. The zero-order valence-corrected chi connectivity index (χ0v) is 7.30. The van der Waals surface area contributed by atoms with Crippen molar-refractivity contribution in [3.63, 3.8) is 0 Å². The first-order valence-corrected chi connectivity index (χ1v) is 4.11. The summed E-state index contributed by atoms with van der Waals surface area (Å²) >= 11 is 0. The minimum atomic E-state index is -0.231. The number of piperazine rings is 1. The maximum absolute atomic E-state index is 11.2. The van der Waals surface area contributed by atoms with Crippen molar-refractivity contribution in [1.82, 2.24) is 15.5 Å². The quantitative estimate of drug-likeness (QED) is 0.537. The van der Waals surface area contributed by atoms with Crippen LogP contribution in [0.3, 0.4) is 0 Å². The Morgan fingerprint density at radius 3 is 2.83 bits per heavy atom. The van der Waals surface area contributed by atoms with Crippen LogP contribution in [0.5, 0.6) is 0 Å². The van der Waals surface area contributed by atoms with Crippen LogP contribution in [0, 0.1) is 0 Å². The van der Waals surface area contributed by atoms with E-state index in [1.54, 1.807) is 11.9 Å². The molecule has 0 radical (unpaired) electrons. The van der Waals surface area contributed by atoms with Gasteiger partial charge in [0.1, 0.15) is 6.73 Å². The maximum Gasteiger partial charge on any atom is 0.411 e. The summed E-state index contributed by atoms with van der Waals surface area (Å²) in [5.74, 6) is 0. The molecule has 1 rings (SSSR count). The van der Waals surface area contributed by atoms with Gasteiger partial charge in [-0.15, -0.1) is 0 Å². The van der Waals surface area contributed by atoms with Gasteiger partial charge in [0.25, 0.3) is 0 Å². The predicted molar refractivity (Wildman–Crippen MR) is 44.9 cm³/mol. The maximum atomic E-state index is 11.2. The van der Waals surface area contributed by atoms with Crippen molar-refractivity contribution in [3.05, 3.63) is 0 Å². The number of carbonyl (C=O) groups is 1. The van der Waals surface area contributed by atoms with Gasteiger partial charge in [-0.2, -0.15) is 0 Å². The van der Waals surface area contributed by atoms with Crippen molar-refractivity contribution in [3.8, 4) is 0 Å². The Balaban J connectivity index is 2.20. The van der Waals surface area contributed by atoms with Crippen molar-refractivity contribution in [2.24, 2.45) is 0 Å². The van der Waals surface area contributed by atoms with E-state index in [-0.39, 0.29) is 12.8 Å². The van der Waals surface area contributed by atoms with E-state index in [2.05, 4.69) is 10.6 Å². The molecule has 1 aliphatic rings. The number of amides is 1. The van der Waals surface area contributed by atoms with Gasteiger partial charge in [0.05, 0.1) is 0 Å². The van der Waals surface area contributed by atoms with E-state index in [9.17, 15) is 4.79 Å². The molecule has 5 nitrogen and oxygen atoms in total. The monoisotopic (exact) mass is 173 g/mol. The Morgan fingerprint density at radius 2 is 2.25 bits per heavy atom. The first-order valence-electron chi connectivity index (χ1n) is 4.11. The fourth-order valence-corrected chi connectivity index (χ4v) is 1.07. The summed E-state index contributed by atoms with van der Waals surface area (Å²) in [5.41, 5.74) is 0. The van der Waals surface area contributed by atoms with E-state index in [4.69, 9.17) is 4.74 Å². The lowest BCUT2D eigenvalue weighted by atomic mass is 10.4. The fraction of sp³-hybridized carbons (Fsp3) is 0.857.